The molecular weight excluding hydrogens is 248 g/mol. The van der Waals surface area contributed by atoms with Gasteiger partial charge in [0.25, 0.3) is 0 Å². The van der Waals surface area contributed by atoms with E-state index in [2.05, 4.69) is 0 Å². The molecule has 0 N–H and O–H groups in total. The Kier molecular flexibility index (Phi) is 1.52. The van der Waals surface area contributed by atoms with Gasteiger partial charge in [0.1, 0.15) is 0 Å². The first-order chi connectivity index (χ1) is 9.72. The summed E-state index contributed by atoms with van der Waals surface area (Å²) in [7, 11) is 0. The molecule has 6 atom stereocenters. The van der Waals surface area contributed by atoms with E-state index in [1.807, 2.05) is 0 Å². The normalized spacial score (nSPS) is 52.2. The molecule has 0 saturated heterocycles. The minimum atomic E-state index is 0.0260. The van der Waals surface area contributed by atoms with Gasteiger partial charge in [0.05, 0.1) is 0 Å². The third-order valence-corrected chi connectivity index (χ3v) is 7.56. The van der Waals surface area contributed by atoms with E-state index in [4.69, 9.17) is 0 Å². The maximum absolute atomic E-state index is 12.5. The van der Waals surface area contributed by atoms with Crippen LogP contribution < -0.4 is 0 Å². The Morgan fingerprint density at radius 3 is 1.80 bits per heavy atom. The summed E-state index contributed by atoms with van der Waals surface area (Å²) in [5.74, 6) is 3.03. The lowest BCUT2D eigenvalue weighted by Gasteiger charge is -2.35. The topological polar surface area (TPSA) is 34.1 Å². The van der Waals surface area contributed by atoms with Crippen LogP contribution in [0.25, 0.3) is 0 Å². The quantitative estimate of drug-likeness (QED) is 0.632. The summed E-state index contributed by atoms with van der Waals surface area (Å²) in [6.45, 7) is 0. The summed E-state index contributed by atoms with van der Waals surface area (Å²) in [6, 6.07) is 0. The number of hydrogen-bond donors (Lipinski definition) is 0. The van der Waals surface area contributed by atoms with Crippen LogP contribution in [0.5, 0.6) is 0 Å². The number of carbonyl (C=O) groups is 2. The second-order valence-electron chi connectivity index (χ2n) is 8.00. The average molecular weight is 266 g/mol. The van der Waals surface area contributed by atoms with Gasteiger partial charge in [-0.2, -0.15) is 0 Å². The number of ketones is 2. The Morgan fingerprint density at radius 2 is 1.35 bits per heavy atom. The van der Waals surface area contributed by atoms with Gasteiger partial charge in [-0.05, 0) is 73.3 Å². The van der Waals surface area contributed by atoms with Crippen molar-refractivity contribution in [1.29, 1.82) is 0 Å². The van der Waals surface area contributed by atoms with Crippen molar-refractivity contribution < 1.29 is 9.59 Å². The van der Waals surface area contributed by atoms with Gasteiger partial charge in [-0.15, -0.1) is 0 Å². The molecule has 20 heavy (non-hydrogen) atoms. The van der Waals surface area contributed by atoms with E-state index in [1.54, 1.807) is 23.3 Å². The van der Waals surface area contributed by atoms with E-state index in [9.17, 15) is 9.59 Å². The predicted octanol–water partition coefficient (Wildman–Crippen LogP) is 2.69. The molecule has 6 aliphatic carbocycles. The highest BCUT2D eigenvalue weighted by molar-refractivity contribution is 6.09. The molecule has 6 rings (SSSR count). The van der Waals surface area contributed by atoms with Crippen LogP contribution in [-0.4, -0.2) is 11.6 Å². The molecule has 0 aromatic carbocycles. The molecule has 2 nitrogen and oxygen atoms in total. The minimum absolute atomic E-state index is 0.0260. The van der Waals surface area contributed by atoms with Crippen molar-refractivity contribution in [2.75, 3.05) is 0 Å². The smallest absolute Gasteiger partial charge is 0.160 e. The third kappa shape index (κ3) is 0.864. The Hall–Kier alpha value is -1.18. The Bertz CT molecular complexity index is 598. The second kappa shape index (κ2) is 2.88. The van der Waals surface area contributed by atoms with Gasteiger partial charge in [0, 0.05) is 11.8 Å². The van der Waals surface area contributed by atoms with Crippen molar-refractivity contribution >= 4 is 11.6 Å². The molecule has 0 aromatic rings. The maximum atomic E-state index is 12.5. The number of fused-ring (bicyclic) bond motifs is 9. The van der Waals surface area contributed by atoms with E-state index in [0.717, 1.165) is 11.8 Å². The largest absolute Gasteiger partial charge is 0.294 e. The Morgan fingerprint density at radius 1 is 0.850 bits per heavy atom. The molecule has 1 spiro atoms. The maximum Gasteiger partial charge on any atom is 0.160 e. The molecule has 6 aliphatic rings. The number of hydrogen-bond acceptors (Lipinski definition) is 2. The Labute approximate surface area is 118 Å². The predicted molar refractivity (Wildman–Crippen MR) is 72.6 cm³/mol. The minimum Gasteiger partial charge on any atom is -0.294 e. The first-order valence-corrected chi connectivity index (χ1v) is 8.22. The first kappa shape index (κ1) is 10.5. The van der Waals surface area contributed by atoms with Crippen molar-refractivity contribution in [2.45, 2.75) is 32.1 Å². The third-order valence-electron chi connectivity index (χ3n) is 7.56. The van der Waals surface area contributed by atoms with Gasteiger partial charge in [0.15, 0.2) is 11.6 Å². The van der Waals surface area contributed by atoms with Crippen molar-refractivity contribution in [3.8, 4) is 0 Å². The highest BCUT2D eigenvalue weighted by Crippen LogP contribution is 2.81. The lowest BCUT2D eigenvalue weighted by Crippen LogP contribution is -2.38. The molecule has 0 aromatic heterocycles. The van der Waals surface area contributed by atoms with Crippen molar-refractivity contribution in [3.05, 3.63) is 23.3 Å². The first-order valence-electron chi connectivity index (χ1n) is 8.22. The highest BCUT2D eigenvalue weighted by Gasteiger charge is 2.76. The van der Waals surface area contributed by atoms with Crippen molar-refractivity contribution in [1.82, 2.24) is 0 Å². The van der Waals surface area contributed by atoms with Crippen LogP contribution in [0, 0.1) is 40.9 Å². The zero-order valence-corrected chi connectivity index (χ0v) is 11.5. The standard InChI is InChI=1S/C18H18O2/c19-10-3-4-11(20)15-14(10)16-12-8-1-2-9(7-8)13(12)17(15)18(16)5-6-18/h3-4,8-9,14-17H,1-2,5-7H2/t8-,9-,14+,15+,16+,17+/m0/s1. The van der Waals surface area contributed by atoms with Crippen LogP contribution in [0.15, 0.2) is 23.3 Å². The molecular formula is C18H18O2. The Balaban J connectivity index is 1.61. The zero-order chi connectivity index (χ0) is 13.2. The second-order valence-corrected chi connectivity index (χ2v) is 8.00. The monoisotopic (exact) mass is 266 g/mol. The van der Waals surface area contributed by atoms with E-state index in [-0.39, 0.29) is 23.4 Å². The van der Waals surface area contributed by atoms with E-state index in [0.29, 0.717) is 17.3 Å². The van der Waals surface area contributed by atoms with Gasteiger partial charge in [-0.25, -0.2) is 0 Å². The summed E-state index contributed by atoms with van der Waals surface area (Å²) >= 11 is 0. The lowest BCUT2D eigenvalue weighted by molar-refractivity contribution is -0.129. The van der Waals surface area contributed by atoms with Gasteiger partial charge in [-0.1, -0.05) is 11.1 Å². The molecule has 0 unspecified atom stereocenters. The number of carbonyl (C=O) groups excluding carboxylic acids is 2. The fourth-order valence-electron chi connectivity index (χ4n) is 7.05. The molecule has 2 heteroatoms. The van der Waals surface area contributed by atoms with Gasteiger partial charge in [-0.3, -0.25) is 9.59 Å². The molecule has 3 fully saturated rings. The van der Waals surface area contributed by atoms with Crippen molar-refractivity contribution in [3.63, 3.8) is 0 Å². The number of rotatable bonds is 0. The molecule has 0 aliphatic heterocycles. The van der Waals surface area contributed by atoms with Gasteiger partial charge in [0.2, 0.25) is 0 Å². The fourth-order valence-corrected chi connectivity index (χ4v) is 7.05. The van der Waals surface area contributed by atoms with E-state index in [1.165, 1.54) is 32.1 Å². The van der Waals surface area contributed by atoms with Crippen LogP contribution in [0.1, 0.15) is 32.1 Å². The van der Waals surface area contributed by atoms with Crippen LogP contribution in [0.2, 0.25) is 0 Å². The summed E-state index contributed by atoms with van der Waals surface area (Å²) in [5.41, 5.74) is 3.75. The molecule has 102 valence electrons. The number of allylic oxidation sites excluding steroid dienone is 4. The summed E-state index contributed by atoms with van der Waals surface area (Å²) in [4.78, 5) is 24.9. The van der Waals surface area contributed by atoms with Crippen LogP contribution in [0.4, 0.5) is 0 Å². The fraction of sp³-hybridized carbons (Fsp3) is 0.667. The lowest BCUT2D eigenvalue weighted by atomic mass is 9.67. The molecule has 4 bridgehead atoms. The summed E-state index contributed by atoms with van der Waals surface area (Å²) < 4.78 is 0. The molecule has 0 heterocycles. The highest BCUT2D eigenvalue weighted by atomic mass is 16.1. The molecule has 0 radical (unpaired) electrons. The van der Waals surface area contributed by atoms with E-state index < -0.39 is 0 Å². The summed E-state index contributed by atoms with van der Waals surface area (Å²) in [6.07, 6.45) is 9.71. The molecule has 0 amide bonds. The summed E-state index contributed by atoms with van der Waals surface area (Å²) in [5, 5.41) is 0. The van der Waals surface area contributed by atoms with Crippen molar-refractivity contribution in [2.24, 2.45) is 40.9 Å². The van der Waals surface area contributed by atoms with Crippen LogP contribution >= 0.6 is 0 Å². The van der Waals surface area contributed by atoms with Crippen LogP contribution in [0.3, 0.4) is 0 Å². The van der Waals surface area contributed by atoms with Gasteiger partial charge < -0.3 is 0 Å². The zero-order valence-electron chi connectivity index (χ0n) is 11.5. The SMILES string of the molecule is O=C1C=CC(=O)[C@@H]2[C@@H]1[C@H]1C3=C([C@H]4CC[C@H]3C4)[C@H]2C12CC2. The van der Waals surface area contributed by atoms with E-state index >= 15 is 0 Å². The van der Waals surface area contributed by atoms with Crippen LogP contribution in [-0.2, 0) is 9.59 Å². The van der Waals surface area contributed by atoms with Gasteiger partial charge >= 0.3 is 0 Å². The average Bonchev–Trinajstić information content (AvgIpc) is 2.78. The molecule has 3 saturated carbocycles.